The summed E-state index contributed by atoms with van der Waals surface area (Å²) < 4.78 is 0. The predicted molar refractivity (Wildman–Crippen MR) is 35.0 cm³/mol. The van der Waals surface area contributed by atoms with Crippen molar-refractivity contribution in [3.63, 3.8) is 0 Å². The first kappa shape index (κ1) is 118. The fourth-order valence-corrected chi connectivity index (χ4v) is 0. The second kappa shape index (κ2) is 91.4. The van der Waals surface area contributed by atoms with E-state index >= 15 is 0 Å². The van der Waals surface area contributed by atoms with Crippen molar-refractivity contribution < 1.29 is 84.8 Å². The molecule has 0 rings (SSSR count). The van der Waals surface area contributed by atoms with Gasteiger partial charge in [0.25, 0.3) is 0 Å². The smallest absolute Gasteiger partial charge is 0 e. The van der Waals surface area contributed by atoms with Gasteiger partial charge in [-0.05, 0) is 0 Å². The maximum atomic E-state index is 0. The molecular weight excluding hydrogens is 410 g/mol. The molecule has 0 nitrogen and oxygen atoms in total. The number of hydrogen-bond donors (Lipinski definition) is 0. The summed E-state index contributed by atoms with van der Waals surface area (Å²) in [5.41, 5.74) is 0. The summed E-state index contributed by atoms with van der Waals surface area (Å²) in [4.78, 5) is 0. The third kappa shape index (κ3) is 75.5. The average molecular weight is 414 g/mol. The quantitative estimate of drug-likeness (QED) is 0.281. The minimum atomic E-state index is 0. The molecule has 0 amide bonds. The largest absolute Gasteiger partial charge is 0.813 e. The second-order valence-corrected chi connectivity index (χ2v) is 0. The molecule has 0 aromatic carbocycles. The van der Waals surface area contributed by atoms with Crippen molar-refractivity contribution in [1.82, 2.24) is 0 Å². The summed E-state index contributed by atoms with van der Waals surface area (Å²) in [6, 6.07) is 0. The van der Waals surface area contributed by atoms with Gasteiger partial charge in [-0.2, -0.15) is 0 Å². The Balaban J connectivity index is 0. The van der Waals surface area contributed by atoms with Crippen molar-refractivity contribution in [2.75, 3.05) is 0 Å². The molecule has 0 N–H and O–H groups in total. The Morgan fingerprint density at radius 3 is 0.333 bits per heavy atom. The molecule has 74 valence electrons. The zero-order valence-corrected chi connectivity index (χ0v) is 12.5. The minimum absolute atomic E-state index is 0. The number of rotatable bonds is 0. The van der Waals surface area contributed by atoms with Crippen LogP contribution in [-0.4, -0.2) is 0 Å². The topological polar surface area (TPSA) is 0 Å². The number of hydrogen-bond acceptors (Lipinski definition) is 4. The van der Waals surface area contributed by atoms with E-state index in [-0.39, 0.29) is 139 Å². The predicted octanol–water partition coefficient (Wildman–Crippen LogP) is -1.09. The van der Waals surface area contributed by atoms with Crippen LogP contribution in [0.5, 0.6) is 0 Å². The van der Waals surface area contributed by atoms with Gasteiger partial charge in [0.05, 0.1) is 0 Å². The zero-order chi connectivity index (χ0) is 0. The first-order valence-corrected chi connectivity index (χ1v) is 0. The van der Waals surface area contributed by atoms with Gasteiger partial charge in [0.1, 0.15) is 0 Å². The molecule has 9 heteroatoms. The molecule has 0 aliphatic heterocycles. The summed E-state index contributed by atoms with van der Waals surface area (Å²) in [5, 5.41) is 0. The molecular formula is H4Fe4NiS4-4. The van der Waals surface area contributed by atoms with Crippen LogP contribution in [0, 0.1) is 0 Å². The average Bonchev–Trinajstić information content (AvgIpc) is 0. The van der Waals surface area contributed by atoms with Gasteiger partial charge in [-0.3, -0.25) is 0 Å². The van der Waals surface area contributed by atoms with Crippen LogP contribution in [0.15, 0.2) is 0 Å². The molecule has 0 fully saturated rings. The molecule has 0 saturated heterocycles. The van der Waals surface area contributed by atoms with Gasteiger partial charge < -0.3 is 54.0 Å². The maximum absolute atomic E-state index is 0. The third-order valence-corrected chi connectivity index (χ3v) is 0. The zero-order valence-electron chi connectivity index (χ0n) is 3.52. The maximum Gasteiger partial charge on any atom is 0 e. The Bertz CT molecular complexity index is 12.5. The van der Waals surface area contributed by atoms with Gasteiger partial charge in [-0.1, -0.05) is 0 Å². The Morgan fingerprint density at radius 2 is 0.333 bits per heavy atom. The molecule has 0 aliphatic rings. The van der Waals surface area contributed by atoms with Crippen molar-refractivity contribution >= 4 is 54.0 Å². The first-order valence-electron chi connectivity index (χ1n) is 0. The van der Waals surface area contributed by atoms with Crippen LogP contribution < -0.4 is 0 Å². The van der Waals surface area contributed by atoms with E-state index in [0.717, 1.165) is 0 Å². The standard InChI is InChI=1S/4Fe.Ni.4H2S/h;;;;;4*1H2/p-4. The van der Waals surface area contributed by atoms with E-state index in [1.54, 1.807) is 0 Å². The van der Waals surface area contributed by atoms with E-state index in [9.17, 15) is 0 Å². The van der Waals surface area contributed by atoms with Gasteiger partial charge in [0, 0.05) is 84.8 Å². The number of thiol groups is 4. The van der Waals surface area contributed by atoms with E-state index in [0.29, 0.717) is 0 Å². The molecule has 0 heterocycles. The van der Waals surface area contributed by atoms with Crippen molar-refractivity contribution in [3.8, 4) is 0 Å². The van der Waals surface area contributed by atoms with Crippen LogP contribution in [-0.2, 0) is 139 Å². The van der Waals surface area contributed by atoms with Gasteiger partial charge >= 0.3 is 0 Å². The van der Waals surface area contributed by atoms with E-state index < -0.39 is 0 Å². The summed E-state index contributed by atoms with van der Waals surface area (Å²) in [7, 11) is 0. The normalized spacial score (nSPS) is 0. The van der Waals surface area contributed by atoms with E-state index in [2.05, 4.69) is 0 Å². The molecule has 0 aromatic rings. The summed E-state index contributed by atoms with van der Waals surface area (Å²) >= 11 is 0. The van der Waals surface area contributed by atoms with Crippen LogP contribution in [0.1, 0.15) is 0 Å². The minimum Gasteiger partial charge on any atom is -0.813 e. The molecule has 0 aliphatic carbocycles. The van der Waals surface area contributed by atoms with E-state index in [1.807, 2.05) is 0 Å². The Morgan fingerprint density at radius 1 is 0.333 bits per heavy atom. The van der Waals surface area contributed by atoms with E-state index in [1.165, 1.54) is 0 Å². The molecule has 0 aromatic heterocycles. The molecule has 0 saturated carbocycles. The third-order valence-electron chi connectivity index (χ3n) is 0. The summed E-state index contributed by atoms with van der Waals surface area (Å²) in [5.74, 6) is 0. The van der Waals surface area contributed by atoms with Crippen LogP contribution in [0.25, 0.3) is 0 Å². The molecule has 0 radical (unpaired) electrons. The van der Waals surface area contributed by atoms with Crippen LogP contribution >= 0.6 is 0 Å². The molecule has 0 spiro atoms. The Hall–Kier alpha value is 3.97. The summed E-state index contributed by atoms with van der Waals surface area (Å²) in [6.07, 6.45) is 0. The van der Waals surface area contributed by atoms with Crippen molar-refractivity contribution in [1.29, 1.82) is 0 Å². The molecule has 0 bridgehead atoms. The van der Waals surface area contributed by atoms with Crippen LogP contribution in [0.2, 0.25) is 0 Å². The van der Waals surface area contributed by atoms with Gasteiger partial charge in [0.15, 0.2) is 0 Å². The fourth-order valence-electron chi connectivity index (χ4n) is 0. The van der Waals surface area contributed by atoms with Gasteiger partial charge in [0.2, 0.25) is 0 Å². The monoisotopic (exact) mass is 414 g/mol. The molecule has 0 atom stereocenters. The molecule has 0 unspecified atom stereocenters. The second-order valence-electron chi connectivity index (χ2n) is 0. The Labute approximate surface area is 137 Å². The first-order chi connectivity index (χ1) is 0. The van der Waals surface area contributed by atoms with Crippen LogP contribution in [0.3, 0.4) is 0 Å². The summed E-state index contributed by atoms with van der Waals surface area (Å²) in [6.45, 7) is 0. The van der Waals surface area contributed by atoms with Gasteiger partial charge in [-0.25, -0.2) is 0 Å². The van der Waals surface area contributed by atoms with Gasteiger partial charge in [-0.15, -0.1) is 0 Å². The Kier molecular flexibility index (Phi) is 1200. The fraction of sp³-hybridized carbons (Fsp3) is 0. The van der Waals surface area contributed by atoms with Crippen molar-refractivity contribution in [3.05, 3.63) is 0 Å². The SMILES string of the molecule is [Fe].[Fe].[Fe].[Fe].[Ni].[SH-].[SH-].[SH-].[SH-]. The van der Waals surface area contributed by atoms with Crippen LogP contribution in [0.4, 0.5) is 0 Å². The molecule has 9 heavy (non-hydrogen) atoms. The van der Waals surface area contributed by atoms with E-state index in [4.69, 9.17) is 0 Å². The van der Waals surface area contributed by atoms with Crippen molar-refractivity contribution in [2.45, 2.75) is 0 Å². The van der Waals surface area contributed by atoms with Crippen molar-refractivity contribution in [2.24, 2.45) is 0 Å².